The molecule has 110 valence electrons. The molecule has 21 heavy (non-hydrogen) atoms. The Morgan fingerprint density at radius 3 is 3.00 bits per heavy atom. The summed E-state index contributed by atoms with van der Waals surface area (Å²) in [6.07, 6.45) is 1.65. The lowest BCUT2D eigenvalue weighted by Crippen LogP contribution is -2.35. The number of benzene rings is 1. The maximum absolute atomic E-state index is 11.8. The van der Waals surface area contributed by atoms with Crippen LogP contribution in [0.25, 0.3) is 0 Å². The molecule has 1 atom stereocenters. The maximum Gasteiger partial charge on any atom is 0.325 e. The summed E-state index contributed by atoms with van der Waals surface area (Å²) >= 11 is 0. The van der Waals surface area contributed by atoms with E-state index >= 15 is 0 Å². The van der Waals surface area contributed by atoms with E-state index < -0.39 is 12.0 Å². The number of rotatable bonds is 3. The van der Waals surface area contributed by atoms with E-state index in [1.54, 1.807) is 30.1 Å². The molecule has 1 aliphatic rings. The van der Waals surface area contributed by atoms with Crippen LogP contribution in [0.3, 0.4) is 0 Å². The minimum Gasteiger partial charge on any atom is -0.492 e. The summed E-state index contributed by atoms with van der Waals surface area (Å²) in [5.74, 6) is -0.251. The van der Waals surface area contributed by atoms with Crippen molar-refractivity contribution in [2.24, 2.45) is 7.05 Å². The van der Waals surface area contributed by atoms with Gasteiger partial charge in [0.2, 0.25) is 0 Å². The number of hydrogen-bond donors (Lipinski definition) is 1. The van der Waals surface area contributed by atoms with Gasteiger partial charge in [0.25, 0.3) is 0 Å². The van der Waals surface area contributed by atoms with Crippen molar-refractivity contribution in [1.29, 1.82) is 0 Å². The fraction of sp³-hybridized carbons (Fsp3) is 0.357. The van der Waals surface area contributed by atoms with Gasteiger partial charge in [-0.3, -0.25) is 14.4 Å². The monoisotopic (exact) mass is 288 g/mol. The van der Waals surface area contributed by atoms with Crippen molar-refractivity contribution < 1.29 is 14.6 Å². The molecule has 0 fully saturated rings. The number of nitrogens with zero attached hydrogens (tertiary/aromatic N) is 4. The minimum absolute atomic E-state index is 0.450. The van der Waals surface area contributed by atoms with Crippen LogP contribution in [0.1, 0.15) is 17.3 Å². The van der Waals surface area contributed by atoms with E-state index in [2.05, 4.69) is 10.3 Å². The van der Waals surface area contributed by atoms with Crippen LogP contribution in [-0.4, -0.2) is 44.1 Å². The van der Waals surface area contributed by atoms with Crippen LogP contribution in [-0.2, 0) is 18.4 Å². The van der Waals surface area contributed by atoms with Crippen LogP contribution in [0, 0.1) is 0 Å². The number of fused-ring (bicyclic) bond motifs is 1. The van der Waals surface area contributed by atoms with E-state index in [-0.39, 0.29) is 0 Å². The lowest BCUT2D eigenvalue weighted by Gasteiger charge is -2.26. The van der Waals surface area contributed by atoms with Gasteiger partial charge in [0, 0.05) is 25.7 Å². The molecule has 1 aromatic carbocycles. The number of aromatic nitrogens is 3. The zero-order chi connectivity index (χ0) is 14.8. The smallest absolute Gasteiger partial charge is 0.325 e. The molecule has 0 amide bonds. The Kier molecular flexibility index (Phi) is 3.57. The highest BCUT2D eigenvalue weighted by Gasteiger charge is 2.32. The van der Waals surface area contributed by atoms with E-state index in [1.165, 1.54) is 0 Å². The Balaban J connectivity index is 1.96. The minimum atomic E-state index is -0.886. The summed E-state index contributed by atoms with van der Waals surface area (Å²) in [6, 6.07) is 6.54. The first-order valence-corrected chi connectivity index (χ1v) is 6.69. The number of carboxylic acid groups (broad SMARTS) is 1. The van der Waals surface area contributed by atoms with E-state index in [4.69, 9.17) is 4.74 Å². The normalized spacial score (nSPS) is 18.6. The van der Waals surface area contributed by atoms with Gasteiger partial charge >= 0.3 is 5.97 Å². The van der Waals surface area contributed by atoms with Crippen LogP contribution < -0.4 is 4.74 Å². The standard InChI is InChI=1S/C14H16N4O3/c1-17-10(8-15-16-17)9-18-6-7-21-12-5-3-2-4-11(12)13(18)14(19)20/h2-5,8,13H,6-7,9H2,1H3,(H,19,20). The lowest BCUT2D eigenvalue weighted by molar-refractivity contribution is -0.143. The average Bonchev–Trinajstić information content (AvgIpc) is 2.76. The molecular weight excluding hydrogens is 272 g/mol. The van der Waals surface area contributed by atoms with Crippen LogP contribution in [0.2, 0.25) is 0 Å². The molecule has 2 heterocycles. The second kappa shape index (κ2) is 5.53. The topological polar surface area (TPSA) is 80.5 Å². The van der Waals surface area contributed by atoms with Gasteiger partial charge in [-0.25, -0.2) is 0 Å². The number of aryl methyl sites for hydroxylation is 1. The second-order valence-corrected chi connectivity index (χ2v) is 4.95. The molecule has 0 bridgehead atoms. The van der Waals surface area contributed by atoms with Crippen molar-refractivity contribution in [2.75, 3.05) is 13.2 Å². The molecular formula is C14H16N4O3. The van der Waals surface area contributed by atoms with E-state index in [0.29, 0.717) is 31.0 Å². The summed E-state index contributed by atoms with van der Waals surface area (Å²) in [7, 11) is 1.79. The van der Waals surface area contributed by atoms with Gasteiger partial charge in [-0.05, 0) is 6.07 Å². The first kappa shape index (κ1) is 13.6. The van der Waals surface area contributed by atoms with Crippen molar-refractivity contribution in [3.63, 3.8) is 0 Å². The zero-order valence-corrected chi connectivity index (χ0v) is 11.6. The van der Waals surface area contributed by atoms with Crippen LogP contribution in [0.15, 0.2) is 30.5 Å². The van der Waals surface area contributed by atoms with E-state index in [1.807, 2.05) is 17.0 Å². The predicted molar refractivity (Wildman–Crippen MR) is 73.7 cm³/mol. The van der Waals surface area contributed by atoms with Gasteiger partial charge in [0.15, 0.2) is 0 Å². The van der Waals surface area contributed by atoms with Gasteiger partial charge in [-0.1, -0.05) is 23.4 Å². The molecule has 0 spiro atoms. The summed E-state index contributed by atoms with van der Waals surface area (Å²) in [4.78, 5) is 13.6. The summed E-state index contributed by atoms with van der Waals surface area (Å²) in [5.41, 5.74) is 1.54. The summed E-state index contributed by atoms with van der Waals surface area (Å²) < 4.78 is 7.31. The first-order valence-electron chi connectivity index (χ1n) is 6.69. The Bertz CT molecular complexity index is 655. The highest BCUT2D eigenvalue weighted by atomic mass is 16.5. The quantitative estimate of drug-likeness (QED) is 0.901. The fourth-order valence-corrected chi connectivity index (χ4v) is 2.56. The molecule has 1 unspecified atom stereocenters. The highest BCUT2D eigenvalue weighted by molar-refractivity contribution is 5.76. The number of aliphatic carboxylic acids is 1. The van der Waals surface area contributed by atoms with Crippen molar-refractivity contribution in [3.05, 3.63) is 41.7 Å². The molecule has 0 saturated carbocycles. The Morgan fingerprint density at radius 2 is 2.29 bits per heavy atom. The zero-order valence-electron chi connectivity index (χ0n) is 11.6. The van der Waals surface area contributed by atoms with Gasteiger partial charge in [0.05, 0.1) is 11.9 Å². The number of carboxylic acids is 1. The van der Waals surface area contributed by atoms with Crippen molar-refractivity contribution >= 4 is 5.97 Å². The molecule has 7 nitrogen and oxygen atoms in total. The average molecular weight is 288 g/mol. The molecule has 2 aromatic rings. The third kappa shape index (κ3) is 2.59. The molecule has 1 aliphatic heterocycles. The highest BCUT2D eigenvalue weighted by Crippen LogP contribution is 2.32. The molecule has 1 aromatic heterocycles. The van der Waals surface area contributed by atoms with Crippen LogP contribution in [0.4, 0.5) is 0 Å². The van der Waals surface area contributed by atoms with Crippen LogP contribution >= 0.6 is 0 Å². The molecule has 0 radical (unpaired) electrons. The molecule has 1 N–H and O–H groups in total. The third-order valence-corrected chi connectivity index (χ3v) is 3.62. The number of carbonyl (C=O) groups is 1. The number of ether oxygens (including phenoxy) is 1. The van der Waals surface area contributed by atoms with Gasteiger partial charge < -0.3 is 9.84 Å². The Hall–Kier alpha value is -2.41. The first-order chi connectivity index (χ1) is 10.2. The molecule has 0 saturated heterocycles. The van der Waals surface area contributed by atoms with Crippen molar-refractivity contribution in [2.45, 2.75) is 12.6 Å². The fourth-order valence-electron chi connectivity index (χ4n) is 2.56. The van der Waals surface area contributed by atoms with E-state index in [0.717, 1.165) is 5.69 Å². The van der Waals surface area contributed by atoms with Gasteiger partial charge in [0.1, 0.15) is 18.4 Å². The Labute approximate surface area is 121 Å². The van der Waals surface area contributed by atoms with Crippen molar-refractivity contribution in [1.82, 2.24) is 19.9 Å². The molecule has 7 heteroatoms. The van der Waals surface area contributed by atoms with Crippen LogP contribution in [0.5, 0.6) is 5.75 Å². The summed E-state index contributed by atoms with van der Waals surface area (Å²) in [6.45, 7) is 1.43. The molecule has 0 aliphatic carbocycles. The van der Waals surface area contributed by atoms with Gasteiger partial charge in [-0.2, -0.15) is 0 Å². The van der Waals surface area contributed by atoms with Crippen molar-refractivity contribution in [3.8, 4) is 5.75 Å². The maximum atomic E-state index is 11.8. The number of hydrogen-bond acceptors (Lipinski definition) is 5. The third-order valence-electron chi connectivity index (χ3n) is 3.62. The Morgan fingerprint density at radius 1 is 1.48 bits per heavy atom. The van der Waals surface area contributed by atoms with Gasteiger partial charge in [-0.15, -0.1) is 5.10 Å². The summed E-state index contributed by atoms with van der Waals surface area (Å²) in [5, 5.41) is 17.4. The molecule has 3 rings (SSSR count). The lowest BCUT2D eigenvalue weighted by atomic mass is 10.0. The SMILES string of the molecule is Cn1nncc1CN1CCOc2ccccc2C1C(=O)O. The largest absolute Gasteiger partial charge is 0.492 e. The second-order valence-electron chi connectivity index (χ2n) is 4.95. The predicted octanol–water partition coefficient (Wildman–Crippen LogP) is 0.835. The van der Waals surface area contributed by atoms with E-state index in [9.17, 15) is 9.90 Å². The number of para-hydroxylation sites is 1.